The number of pyridine rings is 1. The van der Waals surface area contributed by atoms with Crippen molar-refractivity contribution in [3.8, 4) is 17.5 Å². The van der Waals surface area contributed by atoms with E-state index in [1.807, 2.05) is 6.07 Å². The second kappa shape index (κ2) is 4.68. The minimum Gasteiger partial charge on any atom is -0.282 e. The number of hydrogen-bond donors (Lipinski definition) is 0. The van der Waals surface area contributed by atoms with Crippen LogP contribution in [0.2, 0.25) is 0 Å². The van der Waals surface area contributed by atoms with Gasteiger partial charge in [-0.15, -0.1) is 10.2 Å². The van der Waals surface area contributed by atoms with Crippen LogP contribution in [0.25, 0.3) is 17.0 Å². The van der Waals surface area contributed by atoms with Gasteiger partial charge in [0, 0.05) is 29.5 Å². The standard InChI is InChI=1S/C14H9N5O2/c1-9-6-11(2-3-12(9)19(20)21)14-17-16-13-7-10(8-15)4-5-18(13)14/h2-7H,1H3. The number of nitrogens with zero attached hydrogens (tertiary/aromatic N) is 5. The summed E-state index contributed by atoms with van der Waals surface area (Å²) in [5.41, 5.74) is 2.42. The van der Waals surface area contributed by atoms with E-state index in [9.17, 15) is 10.1 Å². The fourth-order valence-corrected chi connectivity index (χ4v) is 2.16. The van der Waals surface area contributed by atoms with Crippen molar-refractivity contribution in [2.45, 2.75) is 6.92 Å². The molecule has 0 N–H and O–H groups in total. The van der Waals surface area contributed by atoms with Crippen LogP contribution in [0.1, 0.15) is 11.1 Å². The van der Waals surface area contributed by atoms with Crippen molar-refractivity contribution in [3.63, 3.8) is 0 Å². The summed E-state index contributed by atoms with van der Waals surface area (Å²) >= 11 is 0. The molecule has 7 nitrogen and oxygen atoms in total. The lowest BCUT2D eigenvalue weighted by atomic mass is 10.1. The van der Waals surface area contributed by atoms with E-state index in [1.54, 1.807) is 41.8 Å². The summed E-state index contributed by atoms with van der Waals surface area (Å²) in [5.74, 6) is 0.576. The Kier molecular flexibility index (Phi) is 2.84. The Balaban J connectivity index is 2.15. The maximum absolute atomic E-state index is 10.8. The van der Waals surface area contributed by atoms with E-state index in [-0.39, 0.29) is 5.69 Å². The van der Waals surface area contributed by atoms with E-state index in [2.05, 4.69) is 10.2 Å². The summed E-state index contributed by atoms with van der Waals surface area (Å²) in [5, 5.41) is 27.8. The molecule has 0 aliphatic heterocycles. The minimum atomic E-state index is -0.416. The van der Waals surface area contributed by atoms with Crippen LogP contribution < -0.4 is 0 Å². The third kappa shape index (κ3) is 2.08. The van der Waals surface area contributed by atoms with Gasteiger partial charge in [-0.1, -0.05) is 0 Å². The first-order valence-electron chi connectivity index (χ1n) is 6.10. The molecule has 0 aliphatic carbocycles. The molecule has 7 heteroatoms. The van der Waals surface area contributed by atoms with Crippen molar-refractivity contribution in [2.24, 2.45) is 0 Å². The van der Waals surface area contributed by atoms with Crippen molar-refractivity contribution in [1.82, 2.24) is 14.6 Å². The molecule has 2 heterocycles. The molecule has 0 saturated heterocycles. The summed E-state index contributed by atoms with van der Waals surface area (Å²) in [4.78, 5) is 10.4. The third-order valence-electron chi connectivity index (χ3n) is 3.19. The van der Waals surface area contributed by atoms with E-state index in [0.29, 0.717) is 22.6 Å². The van der Waals surface area contributed by atoms with Gasteiger partial charge in [0.1, 0.15) is 0 Å². The van der Waals surface area contributed by atoms with Crippen LogP contribution in [-0.2, 0) is 0 Å². The SMILES string of the molecule is Cc1cc(-c2nnc3cc(C#N)ccn23)ccc1[N+](=O)[O-]. The Morgan fingerprint density at radius 2 is 2.10 bits per heavy atom. The number of benzene rings is 1. The number of aromatic nitrogens is 3. The maximum atomic E-state index is 10.8. The molecule has 3 rings (SSSR count). The molecular weight excluding hydrogens is 270 g/mol. The van der Waals surface area contributed by atoms with Crippen LogP contribution in [0.3, 0.4) is 0 Å². The van der Waals surface area contributed by atoms with E-state index in [1.165, 1.54) is 6.07 Å². The number of aryl methyl sites for hydroxylation is 1. The highest BCUT2D eigenvalue weighted by atomic mass is 16.6. The molecule has 1 aromatic carbocycles. The minimum absolute atomic E-state index is 0.0688. The predicted molar refractivity (Wildman–Crippen MR) is 74.5 cm³/mol. The van der Waals surface area contributed by atoms with Gasteiger partial charge in [-0.3, -0.25) is 14.5 Å². The monoisotopic (exact) mass is 279 g/mol. The average molecular weight is 279 g/mol. The molecule has 0 bridgehead atoms. The fourth-order valence-electron chi connectivity index (χ4n) is 2.16. The second-order valence-corrected chi connectivity index (χ2v) is 4.54. The number of nitro groups is 1. The summed E-state index contributed by atoms with van der Waals surface area (Å²) in [6.07, 6.45) is 1.71. The molecular formula is C14H9N5O2. The van der Waals surface area contributed by atoms with Gasteiger partial charge in [0.15, 0.2) is 11.5 Å². The fraction of sp³-hybridized carbons (Fsp3) is 0.0714. The Morgan fingerprint density at radius 3 is 2.76 bits per heavy atom. The molecule has 0 spiro atoms. The smallest absolute Gasteiger partial charge is 0.272 e. The van der Waals surface area contributed by atoms with Crippen LogP contribution in [-0.4, -0.2) is 19.5 Å². The lowest BCUT2D eigenvalue weighted by Gasteiger charge is -2.02. The maximum Gasteiger partial charge on any atom is 0.272 e. The van der Waals surface area contributed by atoms with Crippen molar-refractivity contribution >= 4 is 11.3 Å². The molecule has 2 aromatic heterocycles. The van der Waals surface area contributed by atoms with Gasteiger partial charge in [-0.05, 0) is 25.1 Å². The predicted octanol–water partition coefficient (Wildman–Crippen LogP) is 2.48. The molecule has 0 atom stereocenters. The van der Waals surface area contributed by atoms with Crippen LogP contribution in [0.4, 0.5) is 5.69 Å². The van der Waals surface area contributed by atoms with Crippen LogP contribution in [0.15, 0.2) is 36.5 Å². The Bertz CT molecular complexity index is 907. The van der Waals surface area contributed by atoms with Crippen molar-refractivity contribution in [1.29, 1.82) is 5.26 Å². The van der Waals surface area contributed by atoms with Gasteiger partial charge in [-0.25, -0.2) is 0 Å². The molecule has 0 fully saturated rings. The highest BCUT2D eigenvalue weighted by molar-refractivity contribution is 5.63. The van der Waals surface area contributed by atoms with Gasteiger partial charge < -0.3 is 0 Å². The zero-order valence-corrected chi connectivity index (χ0v) is 11.0. The number of nitro benzene ring substituents is 1. The summed E-state index contributed by atoms with van der Waals surface area (Å²) < 4.78 is 1.74. The van der Waals surface area contributed by atoms with Gasteiger partial charge in [0.2, 0.25) is 0 Å². The molecule has 0 aliphatic rings. The zero-order valence-electron chi connectivity index (χ0n) is 11.0. The average Bonchev–Trinajstić information content (AvgIpc) is 2.89. The van der Waals surface area contributed by atoms with Gasteiger partial charge in [-0.2, -0.15) is 5.26 Å². The lowest BCUT2D eigenvalue weighted by molar-refractivity contribution is -0.385. The van der Waals surface area contributed by atoms with Gasteiger partial charge in [0.05, 0.1) is 16.6 Å². The molecule has 0 saturated carbocycles. The quantitative estimate of drug-likeness (QED) is 0.530. The van der Waals surface area contributed by atoms with Gasteiger partial charge >= 0.3 is 0 Å². The van der Waals surface area contributed by atoms with Crippen molar-refractivity contribution in [2.75, 3.05) is 0 Å². The zero-order chi connectivity index (χ0) is 15.0. The van der Waals surface area contributed by atoms with Gasteiger partial charge in [0.25, 0.3) is 5.69 Å². The third-order valence-corrected chi connectivity index (χ3v) is 3.19. The first-order chi connectivity index (χ1) is 10.1. The van der Waals surface area contributed by atoms with Crippen LogP contribution in [0.5, 0.6) is 0 Å². The Labute approximate surface area is 119 Å². The largest absolute Gasteiger partial charge is 0.282 e. The highest BCUT2D eigenvalue weighted by Gasteiger charge is 2.14. The lowest BCUT2D eigenvalue weighted by Crippen LogP contribution is -1.94. The molecule has 102 valence electrons. The van der Waals surface area contributed by atoms with E-state index < -0.39 is 4.92 Å². The van der Waals surface area contributed by atoms with Crippen LogP contribution in [0, 0.1) is 28.4 Å². The number of nitriles is 1. The molecule has 0 unspecified atom stereocenters. The first-order valence-corrected chi connectivity index (χ1v) is 6.10. The molecule has 0 radical (unpaired) electrons. The summed E-state index contributed by atoms with van der Waals surface area (Å²) in [6, 6.07) is 10.1. The second-order valence-electron chi connectivity index (χ2n) is 4.54. The summed E-state index contributed by atoms with van der Waals surface area (Å²) in [6.45, 7) is 1.68. The normalized spacial score (nSPS) is 10.5. The summed E-state index contributed by atoms with van der Waals surface area (Å²) in [7, 11) is 0. The van der Waals surface area contributed by atoms with E-state index in [4.69, 9.17) is 5.26 Å². The van der Waals surface area contributed by atoms with E-state index >= 15 is 0 Å². The highest BCUT2D eigenvalue weighted by Crippen LogP contribution is 2.25. The number of rotatable bonds is 2. The van der Waals surface area contributed by atoms with Crippen molar-refractivity contribution < 1.29 is 4.92 Å². The molecule has 0 amide bonds. The first kappa shape index (κ1) is 12.7. The Morgan fingerprint density at radius 1 is 1.29 bits per heavy atom. The number of fused-ring (bicyclic) bond motifs is 1. The van der Waals surface area contributed by atoms with E-state index in [0.717, 1.165) is 5.56 Å². The van der Waals surface area contributed by atoms with Crippen LogP contribution >= 0.6 is 0 Å². The molecule has 21 heavy (non-hydrogen) atoms. The number of hydrogen-bond acceptors (Lipinski definition) is 5. The topological polar surface area (TPSA) is 97.1 Å². The Hall–Kier alpha value is -3.27. The molecule has 3 aromatic rings. The van der Waals surface area contributed by atoms with Crippen molar-refractivity contribution in [3.05, 3.63) is 57.8 Å².